The molecule has 1 saturated heterocycles. The Kier molecular flexibility index (Phi) is 2.59. The first kappa shape index (κ1) is 9.71. The lowest BCUT2D eigenvalue weighted by molar-refractivity contribution is 0.0752. The van der Waals surface area contributed by atoms with Gasteiger partial charge in [-0.15, -0.1) is 11.3 Å². The molecule has 0 aromatic carbocycles. The minimum absolute atomic E-state index is 0.216. The lowest BCUT2D eigenvalue weighted by Crippen LogP contribution is -2.32. The van der Waals surface area contributed by atoms with Gasteiger partial charge in [0.05, 0.1) is 4.88 Å². The summed E-state index contributed by atoms with van der Waals surface area (Å²) in [5, 5.41) is 0. The normalized spacial score (nSPS) is 21.6. The number of amides is 1. The molecular weight excluding hydrogens is 194 g/mol. The first-order chi connectivity index (χ1) is 6.68. The zero-order chi connectivity index (χ0) is 10.1. The van der Waals surface area contributed by atoms with Crippen LogP contribution < -0.4 is 0 Å². The van der Waals surface area contributed by atoms with Gasteiger partial charge in [0, 0.05) is 17.5 Å². The largest absolute Gasteiger partial charge is 0.335 e. The van der Waals surface area contributed by atoms with Gasteiger partial charge in [0.1, 0.15) is 0 Å². The van der Waals surface area contributed by atoms with Crippen LogP contribution in [0, 0.1) is 6.92 Å². The third kappa shape index (κ3) is 1.69. The van der Waals surface area contributed by atoms with Gasteiger partial charge in [-0.05, 0) is 38.8 Å². The molecule has 0 unspecified atom stereocenters. The van der Waals surface area contributed by atoms with Gasteiger partial charge in [-0.25, -0.2) is 0 Å². The smallest absolute Gasteiger partial charge is 0.264 e. The SMILES string of the molecule is Cc1ccc(C(=O)N2CCC[C@@H]2C)s1. The summed E-state index contributed by atoms with van der Waals surface area (Å²) < 4.78 is 0. The van der Waals surface area contributed by atoms with E-state index in [-0.39, 0.29) is 5.91 Å². The van der Waals surface area contributed by atoms with Crippen molar-refractivity contribution >= 4 is 17.2 Å². The molecule has 1 aromatic rings. The maximum atomic E-state index is 12.0. The van der Waals surface area contributed by atoms with E-state index in [1.54, 1.807) is 11.3 Å². The van der Waals surface area contributed by atoms with Crippen molar-refractivity contribution in [1.82, 2.24) is 4.90 Å². The molecule has 0 saturated carbocycles. The Morgan fingerprint density at radius 2 is 2.36 bits per heavy atom. The number of hydrogen-bond acceptors (Lipinski definition) is 2. The van der Waals surface area contributed by atoms with E-state index < -0.39 is 0 Å². The lowest BCUT2D eigenvalue weighted by atomic mass is 10.2. The van der Waals surface area contributed by atoms with Gasteiger partial charge in [0.2, 0.25) is 0 Å². The molecule has 1 fully saturated rings. The Morgan fingerprint density at radius 1 is 1.57 bits per heavy atom. The van der Waals surface area contributed by atoms with Crippen molar-refractivity contribution in [3.63, 3.8) is 0 Å². The number of carbonyl (C=O) groups is 1. The summed E-state index contributed by atoms with van der Waals surface area (Å²) >= 11 is 1.59. The second kappa shape index (κ2) is 3.73. The van der Waals surface area contributed by atoms with Crippen LogP contribution in [-0.4, -0.2) is 23.4 Å². The number of likely N-dealkylation sites (tertiary alicyclic amines) is 1. The molecule has 1 aliphatic heterocycles. The van der Waals surface area contributed by atoms with Crippen LogP contribution >= 0.6 is 11.3 Å². The van der Waals surface area contributed by atoms with Gasteiger partial charge in [-0.2, -0.15) is 0 Å². The molecule has 1 amide bonds. The van der Waals surface area contributed by atoms with Crippen LogP contribution in [-0.2, 0) is 0 Å². The maximum Gasteiger partial charge on any atom is 0.264 e. The van der Waals surface area contributed by atoms with E-state index in [4.69, 9.17) is 0 Å². The predicted octanol–water partition coefficient (Wildman–Crippen LogP) is 2.68. The van der Waals surface area contributed by atoms with E-state index in [0.717, 1.165) is 24.3 Å². The van der Waals surface area contributed by atoms with Crippen molar-refractivity contribution in [1.29, 1.82) is 0 Å². The van der Waals surface area contributed by atoms with E-state index in [9.17, 15) is 4.79 Å². The van der Waals surface area contributed by atoms with Crippen molar-refractivity contribution in [2.75, 3.05) is 6.54 Å². The summed E-state index contributed by atoms with van der Waals surface area (Å²) in [7, 11) is 0. The fraction of sp³-hybridized carbons (Fsp3) is 0.545. The monoisotopic (exact) mass is 209 g/mol. The molecule has 0 spiro atoms. The van der Waals surface area contributed by atoms with Crippen LogP contribution in [0.4, 0.5) is 0 Å². The highest BCUT2D eigenvalue weighted by atomic mass is 32.1. The standard InChI is InChI=1S/C11H15NOS/c1-8-4-3-7-12(8)11(13)10-6-5-9(2)14-10/h5-6,8H,3-4,7H2,1-2H3/t8-/m0/s1. The number of nitrogens with zero attached hydrogens (tertiary/aromatic N) is 1. The summed E-state index contributed by atoms with van der Waals surface area (Å²) in [5.41, 5.74) is 0. The summed E-state index contributed by atoms with van der Waals surface area (Å²) in [6, 6.07) is 4.37. The Morgan fingerprint density at radius 3 is 2.86 bits per heavy atom. The van der Waals surface area contributed by atoms with Crippen molar-refractivity contribution in [3.05, 3.63) is 21.9 Å². The molecule has 0 radical (unpaired) electrons. The summed E-state index contributed by atoms with van der Waals surface area (Å²) in [6.45, 7) is 5.09. The predicted molar refractivity (Wildman–Crippen MR) is 58.8 cm³/mol. The maximum absolute atomic E-state index is 12.0. The summed E-state index contributed by atoms with van der Waals surface area (Å²) in [5.74, 6) is 0.216. The molecule has 14 heavy (non-hydrogen) atoms. The zero-order valence-electron chi connectivity index (χ0n) is 8.62. The van der Waals surface area contributed by atoms with Crippen LogP contribution in [0.1, 0.15) is 34.3 Å². The molecule has 2 nitrogen and oxygen atoms in total. The third-order valence-electron chi connectivity index (χ3n) is 2.76. The molecule has 3 heteroatoms. The Bertz CT molecular complexity index is 345. The van der Waals surface area contributed by atoms with Gasteiger partial charge < -0.3 is 4.90 Å². The first-order valence-electron chi connectivity index (χ1n) is 5.06. The Hall–Kier alpha value is -0.830. The van der Waals surface area contributed by atoms with Gasteiger partial charge >= 0.3 is 0 Å². The van der Waals surface area contributed by atoms with E-state index >= 15 is 0 Å². The number of carbonyl (C=O) groups excluding carboxylic acids is 1. The topological polar surface area (TPSA) is 20.3 Å². The van der Waals surface area contributed by atoms with Crippen molar-refractivity contribution in [2.45, 2.75) is 32.7 Å². The first-order valence-corrected chi connectivity index (χ1v) is 5.87. The average Bonchev–Trinajstić information content (AvgIpc) is 2.73. The van der Waals surface area contributed by atoms with Crippen LogP contribution in [0.2, 0.25) is 0 Å². The lowest BCUT2D eigenvalue weighted by Gasteiger charge is -2.20. The quantitative estimate of drug-likeness (QED) is 0.696. The Balaban J connectivity index is 2.15. The van der Waals surface area contributed by atoms with Crippen LogP contribution in [0.5, 0.6) is 0 Å². The highest BCUT2D eigenvalue weighted by molar-refractivity contribution is 7.13. The molecular formula is C11H15NOS. The highest BCUT2D eigenvalue weighted by Crippen LogP contribution is 2.23. The fourth-order valence-corrected chi connectivity index (χ4v) is 2.75. The van der Waals surface area contributed by atoms with E-state index in [0.29, 0.717) is 6.04 Å². The zero-order valence-corrected chi connectivity index (χ0v) is 9.43. The van der Waals surface area contributed by atoms with Gasteiger partial charge in [-0.1, -0.05) is 0 Å². The minimum Gasteiger partial charge on any atom is -0.335 e. The second-order valence-corrected chi connectivity index (χ2v) is 5.19. The van der Waals surface area contributed by atoms with Crippen LogP contribution in [0.3, 0.4) is 0 Å². The van der Waals surface area contributed by atoms with Crippen LogP contribution in [0.25, 0.3) is 0 Å². The van der Waals surface area contributed by atoms with E-state index in [1.165, 1.54) is 4.88 Å². The summed E-state index contributed by atoms with van der Waals surface area (Å²) in [6.07, 6.45) is 2.30. The third-order valence-corrected chi connectivity index (χ3v) is 3.75. The molecule has 0 N–H and O–H groups in total. The molecule has 1 atom stereocenters. The number of rotatable bonds is 1. The van der Waals surface area contributed by atoms with Gasteiger partial charge in [0.15, 0.2) is 0 Å². The second-order valence-electron chi connectivity index (χ2n) is 3.90. The molecule has 1 aromatic heterocycles. The fourth-order valence-electron chi connectivity index (χ4n) is 1.93. The van der Waals surface area contributed by atoms with Crippen molar-refractivity contribution in [2.24, 2.45) is 0 Å². The number of aryl methyl sites for hydroxylation is 1. The Labute approximate surface area is 88.5 Å². The van der Waals surface area contributed by atoms with Gasteiger partial charge in [0.25, 0.3) is 5.91 Å². The number of hydrogen-bond donors (Lipinski definition) is 0. The molecule has 1 aliphatic rings. The van der Waals surface area contributed by atoms with E-state index in [2.05, 4.69) is 6.92 Å². The minimum atomic E-state index is 0.216. The molecule has 2 heterocycles. The van der Waals surface area contributed by atoms with E-state index in [1.807, 2.05) is 24.0 Å². The average molecular weight is 209 g/mol. The van der Waals surface area contributed by atoms with Crippen molar-refractivity contribution in [3.8, 4) is 0 Å². The van der Waals surface area contributed by atoms with Crippen LogP contribution in [0.15, 0.2) is 12.1 Å². The van der Waals surface area contributed by atoms with Gasteiger partial charge in [-0.3, -0.25) is 4.79 Å². The molecule has 0 aliphatic carbocycles. The molecule has 76 valence electrons. The summed E-state index contributed by atoms with van der Waals surface area (Å²) in [4.78, 5) is 16.1. The molecule has 0 bridgehead atoms. The van der Waals surface area contributed by atoms with Crippen molar-refractivity contribution < 1.29 is 4.79 Å². The number of thiophene rings is 1. The highest BCUT2D eigenvalue weighted by Gasteiger charge is 2.26. The molecule has 2 rings (SSSR count).